The zero-order valence-electron chi connectivity index (χ0n) is 16.0. The molecule has 146 valence electrons. The molecule has 3 aromatic rings. The zero-order chi connectivity index (χ0) is 19.9. The summed E-state index contributed by atoms with van der Waals surface area (Å²) in [6.45, 7) is 0.931. The van der Waals surface area contributed by atoms with Gasteiger partial charge in [-0.05, 0) is 29.7 Å². The summed E-state index contributed by atoms with van der Waals surface area (Å²) in [6, 6.07) is 17.1. The van der Waals surface area contributed by atoms with E-state index < -0.39 is 6.10 Å². The van der Waals surface area contributed by atoms with Gasteiger partial charge in [0.25, 0.3) is 5.91 Å². The summed E-state index contributed by atoms with van der Waals surface area (Å²) in [7, 11) is 3.32. The molecule has 0 saturated carbocycles. The number of hydrogen-bond donors (Lipinski definition) is 1. The first-order chi connectivity index (χ1) is 13.6. The smallest absolute Gasteiger partial charge is 0.275 e. The predicted molar refractivity (Wildman–Crippen MR) is 105 cm³/mol. The Morgan fingerprint density at radius 3 is 2.57 bits per heavy atom. The Hall–Kier alpha value is -3.19. The maximum atomic E-state index is 12.6. The Morgan fingerprint density at radius 1 is 1.18 bits per heavy atom. The van der Waals surface area contributed by atoms with Crippen molar-refractivity contribution in [3.63, 3.8) is 0 Å². The van der Waals surface area contributed by atoms with Crippen molar-refractivity contribution < 1.29 is 14.6 Å². The first-order valence-corrected chi connectivity index (χ1v) is 9.08. The van der Waals surface area contributed by atoms with E-state index in [1.807, 2.05) is 54.6 Å². The number of carbonyl (C=O) groups excluding carboxylic acids is 1. The first kappa shape index (κ1) is 19.6. The van der Waals surface area contributed by atoms with Crippen molar-refractivity contribution in [1.82, 2.24) is 19.9 Å². The van der Waals surface area contributed by atoms with Crippen LogP contribution in [-0.4, -0.2) is 51.6 Å². The Bertz CT molecular complexity index is 894. The van der Waals surface area contributed by atoms with Gasteiger partial charge in [-0.1, -0.05) is 47.7 Å². The molecule has 0 spiro atoms. The van der Waals surface area contributed by atoms with Gasteiger partial charge >= 0.3 is 0 Å². The van der Waals surface area contributed by atoms with Gasteiger partial charge in [0.1, 0.15) is 5.75 Å². The minimum Gasteiger partial charge on any atom is -0.497 e. The van der Waals surface area contributed by atoms with Crippen LogP contribution in [-0.2, 0) is 6.54 Å². The molecule has 1 atom stereocenters. The SMILES string of the molecule is COc1ccc(Cn2cc(C(=O)N(C)CCC(O)c3ccccc3)nn2)cc1. The Labute approximate surface area is 164 Å². The second-order valence-corrected chi connectivity index (χ2v) is 6.59. The van der Waals surface area contributed by atoms with Crippen molar-refractivity contribution in [1.29, 1.82) is 0 Å². The molecule has 0 radical (unpaired) electrons. The summed E-state index contributed by atoms with van der Waals surface area (Å²) in [6.07, 6.45) is 1.48. The van der Waals surface area contributed by atoms with Crippen LogP contribution in [0.4, 0.5) is 0 Å². The summed E-state index contributed by atoms with van der Waals surface area (Å²) < 4.78 is 6.77. The summed E-state index contributed by atoms with van der Waals surface area (Å²) >= 11 is 0. The second-order valence-electron chi connectivity index (χ2n) is 6.59. The first-order valence-electron chi connectivity index (χ1n) is 9.08. The molecule has 0 fully saturated rings. The van der Waals surface area contributed by atoms with Crippen LogP contribution in [0.1, 0.15) is 34.1 Å². The Kier molecular flexibility index (Phi) is 6.39. The van der Waals surface area contributed by atoms with E-state index in [1.54, 1.807) is 29.9 Å². The van der Waals surface area contributed by atoms with E-state index in [4.69, 9.17) is 4.74 Å². The zero-order valence-corrected chi connectivity index (χ0v) is 16.0. The predicted octanol–water partition coefficient (Wildman–Crippen LogP) is 2.53. The van der Waals surface area contributed by atoms with Gasteiger partial charge < -0.3 is 14.7 Å². The number of aliphatic hydroxyl groups is 1. The van der Waals surface area contributed by atoms with Crippen molar-refractivity contribution in [2.75, 3.05) is 20.7 Å². The van der Waals surface area contributed by atoms with E-state index in [1.165, 1.54) is 0 Å². The number of carbonyl (C=O) groups is 1. The third kappa shape index (κ3) is 4.95. The third-order valence-electron chi connectivity index (χ3n) is 4.53. The number of aliphatic hydroxyl groups excluding tert-OH is 1. The lowest BCUT2D eigenvalue weighted by atomic mass is 10.1. The highest BCUT2D eigenvalue weighted by atomic mass is 16.5. The Balaban J connectivity index is 1.55. The highest BCUT2D eigenvalue weighted by molar-refractivity contribution is 5.91. The fraction of sp³-hybridized carbons (Fsp3) is 0.286. The molecule has 28 heavy (non-hydrogen) atoms. The molecule has 1 unspecified atom stereocenters. The molecule has 0 aliphatic carbocycles. The topological polar surface area (TPSA) is 80.5 Å². The fourth-order valence-electron chi connectivity index (χ4n) is 2.85. The molecule has 1 heterocycles. The van der Waals surface area contributed by atoms with E-state index in [9.17, 15) is 9.90 Å². The molecule has 0 aliphatic heterocycles. The molecule has 1 N–H and O–H groups in total. The molecule has 2 aromatic carbocycles. The molecular weight excluding hydrogens is 356 g/mol. The monoisotopic (exact) mass is 380 g/mol. The van der Waals surface area contributed by atoms with Gasteiger partial charge in [0, 0.05) is 13.6 Å². The highest BCUT2D eigenvalue weighted by Crippen LogP contribution is 2.16. The van der Waals surface area contributed by atoms with E-state index in [0.29, 0.717) is 19.5 Å². The molecule has 0 bridgehead atoms. The van der Waals surface area contributed by atoms with Gasteiger partial charge in [0.05, 0.1) is 26.0 Å². The minimum atomic E-state index is -0.609. The van der Waals surface area contributed by atoms with Crippen molar-refractivity contribution in [2.45, 2.75) is 19.1 Å². The van der Waals surface area contributed by atoms with Crippen LogP contribution in [0.2, 0.25) is 0 Å². The lowest BCUT2D eigenvalue weighted by molar-refractivity contribution is 0.0755. The number of hydrogen-bond acceptors (Lipinski definition) is 5. The molecule has 3 rings (SSSR count). The molecule has 1 aromatic heterocycles. The number of amides is 1. The van der Waals surface area contributed by atoms with Crippen LogP contribution in [0.25, 0.3) is 0 Å². The summed E-state index contributed by atoms with van der Waals surface area (Å²) in [5.41, 5.74) is 2.16. The number of nitrogens with zero attached hydrogens (tertiary/aromatic N) is 4. The van der Waals surface area contributed by atoms with Gasteiger partial charge in [-0.2, -0.15) is 0 Å². The number of aromatic nitrogens is 3. The van der Waals surface area contributed by atoms with E-state index in [2.05, 4.69) is 10.3 Å². The molecule has 7 nitrogen and oxygen atoms in total. The fourth-order valence-corrected chi connectivity index (χ4v) is 2.85. The van der Waals surface area contributed by atoms with Crippen LogP contribution in [0, 0.1) is 0 Å². The third-order valence-corrected chi connectivity index (χ3v) is 4.53. The average Bonchev–Trinajstić information content (AvgIpc) is 3.20. The number of rotatable bonds is 8. The Morgan fingerprint density at radius 2 is 1.89 bits per heavy atom. The van der Waals surface area contributed by atoms with E-state index in [0.717, 1.165) is 16.9 Å². The highest BCUT2D eigenvalue weighted by Gasteiger charge is 2.17. The van der Waals surface area contributed by atoms with Crippen molar-refractivity contribution >= 4 is 5.91 Å². The van der Waals surface area contributed by atoms with Gasteiger partial charge in [-0.3, -0.25) is 4.79 Å². The second kappa shape index (κ2) is 9.14. The quantitative estimate of drug-likeness (QED) is 0.650. The van der Waals surface area contributed by atoms with Crippen LogP contribution in [0.5, 0.6) is 5.75 Å². The molecule has 0 saturated heterocycles. The lowest BCUT2D eigenvalue weighted by Gasteiger charge is -2.18. The van der Waals surface area contributed by atoms with Gasteiger partial charge in [-0.15, -0.1) is 5.10 Å². The maximum Gasteiger partial charge on any atom is 0.275 e. The summed E-state index contributed by atoms with van der Waals surface area (Å²) in [5, 5.41) is 18.3. The van der Waals surface area contributed by atoms with Crippen LogP contribution in [0.15, 0.2) is 60.8 Å². The molecule has 7 heteroatoms. The van der Waals surface area contributed by atoms with E-state index in [-0.39, 0.29) is 11.6 Å². The minimum absolute atomic E-state index is 0.221. The molecular formula is C21H24N4O3. The molecule has 0 aliphatic rings. The van der Waals surface area contributed by atoms with Crippen LogP contribution < -0.4 is 4.74 Å². The average molecular weight is 380 g/mol. The number of benzene rings is 2. The molecule has 1 amide bonds. The van der Waals surface area contributed by atoms with Crippen molar-refractivity contribution in [3.05, 3.63) is 77.6 Å². The van der Waals surface area contributed by atoms with Crippen molar-refractivity contribution in [2.24, 2.45) is 0 Å². The van der Waals surface area contributed by atoms with Gasteiger partial charge in [0.2, 0.25) is 0 Å². The summed E-state index contributed by atoms with van der Waals surface area (Å²) in [5.74, 6) is 0.568. The van der Waals surface area contributed by atoms with Gasteiger partial charge in [0.15, 0.2) is 5.69 Å². The van der Waals surface area contributed by atoms with E-state index >= 15 is 0 Å². The normalized spacial score (nSPS) is 11.8. The number of ether oxygens (including phenoxy) is 1. The maximum absolute atomic E-state index is 12.6. The van der Waals surface area contributed by atoms with Crippen molar-refractivity contribution in [3.8, 4) is 5.75 Å². The number of methoxy groups -OCH3 is 1. The standard InChI is InChI=1S/C21H24N4O3/c1-24(13-12-20(26)17-6-4-3-5-7-17)21(27)19-15-25(23-22-19)14-16-8-10-18(28-2)11-9-16/h3-11,15,20,26H,12-14H2,1-2H3. The van der Waals surface area contributed by atoms with Crippen LogP contribution >= 0.6 is 0 Å². The van der Waals surface area contributed by atoms with Gasteiger partial charge in [-0.25, -0.2) is 4.68 Å². The largest absolute Gasteiger partial charge is 0.497 e. The summed E-state index contributed by atoms with van der Waals surface area (Å²) in [4.78, 5) is 14.1. The van der Waals surface area contributed by atoms with Crippen LogP contribution in [0.3, 0.4) is 0 Å². The lowest BCUT2D eigenvalue weighted by Crippen LogP contribution is -2.29.